The predicted octanol–water partition coefficient (Wildman–Crippen LogP) is 3.37. The molecule has 1 heterocycles. The molecule has 1 atom stereocenters. The van der Waals surface area contributed by atoms with Crippen LogP contribution in [-0.4, -0.2) is 18.9 Å². The molecule has 1 aromatic carbocycles. The van der Waals surface area contributed by atoms with Crippen molar-refractivity contribution in [2.45, 2.75) is 13.2 Å². The van der Waals surface area contributed by atoms with E-state index in [0.717, 1.165) is 0 Å². The molecule has 2 rings (SSSR count). The Morgan fingerprint density at radius 3 is 2.82 bits per heavy atom. The SMILES string of the molecule is CCOC1OC(=O)C(c2ccccc2Cl)=C1Br. The number of hydrogen-bond acceptors (Lipinski definition) is 3. The molecule has 0 spiro atoms. The van der Waals surface area contributed by atoms with Gasteiger partial charge in [-0.05, 0) is 28.9 Å². The highest BCUT2D eigenvalue weighted by molar-refractivity contribution is 9.12. The lowest BCUT2D eigenvalue weighted by atomic mass is 10.1. The van der Waals surface area contributed by atoms with Crippen molar-refractivity contribution in [3.05, 3.63) is 39.3 Å². The van der Waals surface area contributed by atoms with E-state index in [9.17, 15) is 4.79 Å². The first-order valence-electron chi connectivity index (χ1n) is 5.12. The maximum Gasteiger partial charge on any atom is 0.342 e. The summed E-state index contributed by atoms with van der Waals surface area (Å²) >= 11 is 9.39. The molecule has 1 aromatic rings. The zero-order chi connectivity index (χ0) is 12.4. The van der Waals surface area contributed by atoms with Gasteiger partial charge in [-0.2, -0.15) is 0 Å². The van der Waals surface area contributed by atoms with Crippen LogP contribution < -0.4 is 0 Å². The average Bonchev–Trinajstić information content (AvgIpc) is 2.57. The van der Waals surface area contributed by atoms with Crippen LogP contribution in [0.5, 0.6) is 0 Å². The molecule has 0 N–H and O–H groups in total. The summed E-state index contributed by atoms with van der Waals surface area (Å²) in [5.74, 6) is -0.427. The van der Waals surface area contributed by atoms with Crippen LogP contribution in [0.3, 0.4) is 0 Å². The molecule has 90 valence electrons. The molecule has 1 unspecified atom stereocenters. The standard InChI is InChI=1S/C12H10BrClO3/c1-2-16-12-10(13)9(11(15)17-12)7-5-3-4-6-8(7)14/h3-6,12H,2H2,1H3. The molecule has 0 bridgehead atoms. The summed E-state index contributed by atoms with van der Waals surface area (Å²) in [6, 6.07) is 7.12. The van der Waals surface area contributed by atoms with Crippen LogP contribution in [0, 0.1) is 0 Å². The molecule has 0 aliphatic carbocycles. The summed E-state index contributed by atoms with van der Waals surface area (Å²) in [6.45, 7) is 2.30. The zero-order valence-electron chi connectivity index (χ0n) is 9.07. The van der Waals surface area contributed by atoms with E-state index in [1.165, 1.54) is 0 Å². The van der Waals surface area contributed by atoms with E-state index in [-0.39, 0.29) is 0 Å². The first-order chi connectivity index (χ1) is 8.15. The smallest absolute Gasteiger partial charge is 0.342 e. The molecule has 0 aromatic heterocycles. The van der Waals surface area contributed by atoms with Gasteiger partial charge < -0.3 is 9.47 Å². The van der Waals surface area contributed by atoms with Gasteiger partial charge in [-0.15, -0.1) is 0 Å². The van der Waals surface area contributed by atoms with Crippen molar-refractivity contribution in [1.82, 2.24) is 0 Å². The summed E-state index contributed by atoms with van der Waals surface area (Å²) in [6.07, 6.45) is -0.668. The number of hydrogen-bond donors (Lipinski definition) is 0. The summed E-state index contributed by atoms with van der Waals surface area (Å²) in [5, 5.41) is 0.508. The number of carbonyl (C=O) groups excluding carboxylic acids is 1. The molecular formula is C12H10BrClO3. The van der Waals surface area contributed by atoms with E-state index >= 15 is 0 Å². The van der Waals surface area contributed by atoms with Gasteiger partial charge in [0.2, 0.25) is 6.29 Å². The van der Waals surface area contributed by atoms with E-state index in [2.05, 4.69) is 15.9 Å². The van der Waals surface area contributed by atoms with Gasteiger partial charge in [-0.3, -0.25) is 0 Å². The van der Waals surface area contributed by atoms with Crippen LogP contribution >= 0.6 is 27.5 Å². The van der Waals surface area contributed by atoms with Crippen molar-refractivity contribution in [1.29, 1.82) is 0 Å². The number of cyclic esters (lactones) is 1. The van der Waals surface area contributed by atoms with Gasteiger partial charge in [0.1, 0.15) is 0 Å². The van der Waals surface area contributed by atoms with Crippen molar-refractivity contribution < 1.29 is 14.3 Å². The minimum atomic E-state index is -0.668. The van der Waals surface area contributed by atoms with Crippen LogP contribution in [0.1, 0.15) is 12.5 Å². The molecule has 0 saturated carbocycles. The third-order valence-electron chi connectivity index (χ3n) is 2.33. The Labute approximate surface area is 112 Å². The highest BCUT2D eigenvalue weighted by Gasteiger charge is 2.34. The normalized spacial score (nSPS) is 19.7. The van der Waals surface area contributed by atoms with E-state index in [0.29, 0.717) is 27.2 Å². The largest absolute Gasteiger partial charge is 0.427 e. The summed E-state index contributed by atoms with van der Waals surface area (Å²) in [5.41, 5.74) is 1.07. The van der Waals surface area contributed by atoms with E-state index in [4.69, 9.17) is 21.1 Å². The van der Waals surface area contributed by atoms with Crippen LogP contribution in [0.15, 0.2) is 28.7 Å². The van der Waals surface area contributed by atoms with Crippen LogP contribution in [0.25, 0.3) is 5.57 Å². The second-order valence-corrected chi connectivity index (χ2v) is 4.66. The summed E-state index contributed by atoms with van der Waals surface area (Å²) < 4.78 is 11.0. The molecule has 0 fully saturated rings. The lowest BCUT2D eigenvalue weighted by Crippen LogP contribution is -2.13. The molecule has 1 aliphatic heterocycles. The maximum atomic E-state index is 11.8. The topological polar surface area (TPSA) is 35.5 Å². The Hall–Kier alpha value is -0.840. The minimum Gasteiger partial charge on any atom is -0.427 e. The lowest BCUT2D eigenvalue weighted by Gasteiger charge is -2.08. The third-order valence-corrected chi connectivity index (χ3v) is 3.43. The number of ether oxygens (including phenoxy) is 2. The van der Waals surface area contributed by atoms with Crippen molar-refractivity contribution in [2.75, 3.05) is 6.61 Å². The lowest BCUT2D eigenvalue weighted by molar-refractivity contribution is -0.156. The van der Waals surface area contributed by atoms with Crippen LogP contribution in [0.4, 0.5) is 0 Å². The Morgan fingerprint density at radius 1 is 1.47 bits per heavy atom. The zero-order valence-corrected chi connectivity index (χ0v) is 11.4. The number of halogens is 2. The average molecular weight is 318 g/mol. The fourth-order valence-electron chi connectivity index (χ4n) is 1.58. The van der Waals surface area contributed by atoms with Crippen LogP contribution in [-0.2, 0) is 14.3 Å². The first kappa shape index (κ1) is 12.6. The van der Waals surface area contributed by atoms with Crippen molar-refractivity contribution in [3.63, 3.8) is 0 Å². The van der Waals surface area contributed by atoms with Crippen molar-refractivity contribution in [3.8, 4) is 0 Å². The number of benzene rings is 1. The predicted molar refractivity (Wildman–Crippen MR) is 68.8 cm³/mol. The van der Waals surface area contributed by atoms with Crippen molar-refractivity contribution >= 4 is 39.1 Å². The number of esters is 1. The Balaban J connectivity index is 2.44. The maximum absolute atomic E-state index is 11.8. The van der Waals surface area contributed by atoms with Gasteiger partial charge in [0.25, 0.3) is 0 Å². The van der Waals surface area contributed by atoms with Gasteiger partial charge in [0.05, 0.1) is 10.1 Å². The van der Waals surface area contributed by atoms with E-state index < -0.39 is 12.3 Å². The Kier molecular flexibility index (Phi) is 3.86. The van der Waals surface area contributed by atoms with Gasteiger partial charge in [-0.1, -0.05) is 29.8 Å². The quantitative estimate of drug-likeness (QED) is 0.802. The highest BCUT2D eigenvalue weighted by atomic mass is 79.9. The molecule has 0 radical (unpaired) electrons. The summed E-state index contributed by atoms with van der Waals surface area (Å²) in [7, 11) is 0. The minimum absolute atomic E-state index is 0.425. The molecular weight excluding hydrogens is 307 g/mol. The van der Waals surface area contributed by atoms with Gasteiger partial charge in [-0.25, -0.2) is 4.79 Å². The fraction of sp³-hybridized carbons (Fsp3) is 0.250. The third kappa shape index (κ3) is 2.39. The Bertz CT molecular complexity index is 484. The molecule has 3 nitrogen and oxygen atoms in total. The van der Waals surface area contributed by atoms with E-state index in [1.54, 1.807) is 18.2 Å². The molecule has 0 saturated heterocycles. The second kappa shape index (κ2) is 5.21. The summed E-state index contributed by atoms with van der Waals surface area (Å²) in [4.78, 5) is 11.8. The molecule has 0 amide bonds. The van der Waals surface area contributed by atoms with Gasteiger partial charge >= 0.3 is 5.97 Å². The molecule has 5 heteroatoms. The van der Waals surface area contributed by atoms with E-state index in [1.807, 2.05) is 13.0 Å². The fourth-order valence-corrected chi connectivity index (χ4v) is 2.42. The monoisotopic (exact) mass is 316 g/mol. The van der Waals surface area contributed by atoms with Crippen molar-refractivity contribution in [2.24, 2.45) is 0 Å². The van der Waals surface area contributed by atoms with Crippen LogP contribution in [0.2, 0.25) is 5.02 Å². The highest BCUT2D eigenvalue weighted by Crippen LogP contribution is 2.37. The first-order valence-corrected chi connectivity index (χ1v) is 6.29. The molecule has 1 aliphatic rings. The number of carbonyl (C=O) groups is 1. The Morgan fingerprint density at radius 2 is 2.18 bits per heavy atom. The van der Waals surface area contributed by atoms with Gasteiger partial charge in [0.15, 0.2) is 0 Å². The number of rotatable bonds is 3. The van der Waals surface area contributed by atoms with Gasteiger partial charge in [0, 0.05) is 17.2 Å². The second-order valence-electron chi connectivity index (χ2n) is 3.40. The molecule has 17 heavy (non-hydrogen) atoms.